The van der Waals surface area contributed by atoms with Gasteiger partial charge < -0.3 is 23.7 Å². The predicted molar refractivity (Wildman–Crippen MR) is 165 cm³/mol. The van der Waals surface area contributed by atoms with Crippen molar-refractivity contribution in [3.8, 4) is 0 Å². The van der Waals surface area contributed by atoms with Crippen LogP contribution in [-0.4, -0.2) is 72.3 Å². The van der Waals surface area contributed by atoms with Crippen LogP contribution in [0, 0.1) is 5.92 Å². The van der Waals surface area contributed by atoms with Crippen molar-refractivity contribution >= 4 is 28.9 Å². The number of fused-ring (bicyclic) bond motifs is 1. The molecule has 0 aliphatic carbocycles. The van der Waals surface area contributed by atoms with Gasteiger partial charge in [0.25, 0.3) is 0 Å². The molecule has 43 heavy (non-hydrogen) atoms. The number of hydrogen-bond acceptors (Lipinski definition) is 8. The summed E-state index contributed by atoms with van der Waals surface area (Å²) in [5.41, 5.74) is -0.712. The summed E-state index contributed by atoms with van der Waals surface area (Å²) < 4.78 is 29.5. The fourth-order valence-corrected chi connectivity index (χ4v) is 5.11. The Balaban J connectivity index is 1.95. The summed E-state index contributed by atoms with van der Waals surface area (Å²) in [4.78, 5) is 41.0. The van der Waals surface area contributed by atoms with Gasteiger partial charge in [-0.15, -0.1) is 0 Å². The number of cyclic esters (lactones) is 1. The SMILES string of the molecule is CCCCCOC1C(Cc2cccc3ccccc23)COCC(N(C(=O)OC(C)(C)C)C(=O)OC(C)(C)C)C(=O)OC1C. The monoisotopic (exact) mass is 599 g/mol. The molecular weight excluding hydrogens is 550 g/mol. The lowest BCUT2D eigenvalue weighted by Crippen LogP contribution is -2.54. The van der Waals surface area contributed by atoms with E-state index in [2.05, 4.69) is 31.2 Å². The van der Waals surface area contributed by atoms with Crippen molar-refractivity contribution in [3.63, 3.8) is 0 Å². The summed E-state index contributed by atoms with van der Waals surface area (Å²) in [5.74, 6) is -0.970. The van der Waals surface area contributed by atoms with E-state index in [1.807, 2.05) is 18.2 Å². The van der Waals surface area contributed by atoms with Gasteiger partial charge >= 0.3 is 18.2 Å². The number of carbonyl (C=O) groups is 3. The molecule has 0 saturated carbocycles. The van der Waals surface area contributed by atoms with Crippen molar-refractivity contribution in [2.24, 2.45) is 5.92 Å². The van der Waals surface area contributed by atoms with Gasteiger partial charge in [0.2, 0.25) is 0 Å². The smallest absolute Gasteiger partial charge is 0.420 e. The van der Waals surface area contributed by atoms with Crippen molar-refractivity contribution in [2.45, 2.75) is 111 Å². The maximum Gasteiger partial charge on any atom is 0.420 e. The van der Waals surface area contributed by atoms with E-state index in [4.69, 9.17) is 23.7 Å². The second-order valence-corrected chi connectivity index (χ2v) is 13.2. The van der Waals surface area contributed by atoms with Crippen molar-refractivity contribution in [3.05, 3.63) is 48.0 Å². The lowest BCUT2D eigenvalue weighted by molar-refractivity contribution is -0.163. The number of carbonyl (C=O) groups excluding carboxylic acids is 3. The normalized spacial score (nSPS) is 21.7. The Kier molecular flexibility index (Phi) is 12.0. The first-order valence-corrected chi connectivity index (χ1v) is 15.3. The van der Waals surface area contributed by atoms with Crippen molar-refractivity contribution in [2.75, 3.05) is 19.8 Å². The van der Waals surface area contributed by atoms with Crippen molar-refractivity contribution < 1.29 is 38.1 Å². The van der Waals surface area contributed by atoms with Gasteiger partial charge in [-0.3, -0.25) is 0 Å². The highest BCUT2D eigenvalue weighted by atomic mass is 16.6. The summed E-state index contributed by atoms with van der Waals surface area (Å²) in [6, 6.07) is 13.0. The molecule has 1 saturated heterocycles. The lowest BCUT2D eigenvalue weighted by atomic mass is 9.89. The van der Waals surface area contributed by atoms with Crippen LogP contribution in [0.2, 0.25) is 0 Å². The van der Waals surface area contributed by atoms with Crippen molar-refractivity contribution in [1.29, 1.82) is 0 Å². The molecule has 4 unspecified atom stereocenters. The van der Waals surface area contributed by atoms with Crippen LogP contribution in [0.4, 0.5) is 9.59 Å². The van der Waals surface area contributed by atoms with Gasteiger partial charge in [-0.25, -0.2) is 14.4 Å². The Morgan fingerprint density at radius 2 is 1.53 bits per heavy atom. The molecule has 3 rings (SSSR count). The zero-order valence-corrected chi connectivity index (χ0v) is 27.0. The number of rotatable bonds is 8. The van der Waals surface area contributed by atoms with Crippen LogP contribution in [0.15, 0.2) is 42.5 Å². The Hall–Kier alpha value is -3.17. The summed E-state index contributed by atoms with van der Waals surface area (Å²) in [7, 11) is 0. The van der Waals surface area contributed by atoms with Gasteiger partial charge in [-0.05, 0) is 77.6 Å². The van der Waals surface area contributed by atoms with Crippen LogP contribution in [0.5, 0.6) is 0 Å². The molecule has 0 spiro atoms. The Labute approximate surface area is 256 Å². The van der Waals surface area contributed by atoms with E-state index in [0.717, 1.165) is 35.6 Å². The van der Waals surface area contributed by atoms with E-state index in [9.17, 15) is 14.4 Å². The molecular formula is C34H49NO8. The van der Waals surface area contributed by atoms with E-state index < -0.39 is 47.6 Å². The van der Waals surface area contributed by atoms with Crippen LogP contribution in [0.3, 0.4) is 0 Å². The van der Waals surface area contributed by atoms with E-state index in [1.54, 1.807) is 48.5 Å². The van der Waals surface area contributed by atoms with Gasteiger partial charge in [0.05, 0.1) is 19.3 Å². The quantitative estimate of drug-likeness (QED) is 0.180. The van der Waals surface area contributed by atoms with Crippen LogP contribution < -0.4 is 0 Å². The zero-order valence-electron chi connectivity index (χ0n) is 27.0. The lowest BCUT2D eigenvalue weighted by Gasteiger charge is -2.33. The molecule has 2 amide bonds. The third kappa shape index (κ3) is 10.2. The van der Waals surface area contributed by atoms with Gasteiger partial charge in [-0.2, -0.15) is 4.90 Å². The Morgan fingerprint density at radius 1 is 0.907 bits per heavy atom. The third-order valence-corrected chi connectivity index (χ3v) is 7.02. The molecule has 2 aromatic carbocycles. The minimum absolute atomic E-state index is 0.175. The number of hydrogen-bond donors (Lipinski definition) is 0. The maximum absolute atomic E-state index is 13.7. The minimum Gasteiger partial charge on any atom is -0.458 e. The summed E-state index contributed by atoms with van der Waals surface area (Å²) in [6.07, 6.45) is 0.379. The van der Waals surface area contributed by atoms with Gasteiger partial charge in [0.1, 0.15) is 17.3 Å². The Morgan fingerprint density at radius 3 is 2.16 bits per heavy atom. The molecule has 1 heterocycles. The first kappa shape index (κ1) is 34.3. The average molecular weight is 600 g/mol. The molecule has 9 heteroatoms. The third-order valence-electron chi connectivity index (χ3n) is 7.02. The van der Waals surface area contributed by atoms with Crippen LogP contribution in [0.1, 0.15) is 80.2 Å². The zero-order chi connectivity index (χ0) is 31.8. The summed E-state index contributed by atoms with van der Waals surface area (Å²) in [6.45, 7) is 14.4. The second-order valence-electron chi connectivity index (χ2n) is 13.2. The number of ether oxygens (including phenoxy) is 5. The molecule has 0 aromatic heterocycles. The minimum atomic E-state index is -1.41. The molecule has 238 valence electrons. The Bertz CT molecular complexity index is 1200. The topological polar surface area (TPSA) is 101 Å². The number of nitrogens with zero attached hydrogens (tertiary/aromatic N) is 1. The number of benzene rings is 2. The van der Waals surface area contributed by atoms with E-state index in [-0.39, 0.29) is 19.1 Å². The fraction of sp³-hybridized carbons (Fsp3) is 0.618. The van der Waals surface area contributed by atoms with Gasteiger partial charge in [0.15, 0.2) is 6.04 Å². The second kappa shape index (κ2) is 15.0. The molecule has 1 fully saturated rings. The fourth-order valence-electron chi connectivity index (χ4n) is 5.11. The molecule has 9 nitrogen and oxygen atoms in total. The first-order valence-electron chi connectivity index (χ1n) is 15.3. The summed E-state index contributed by atoms with van der Waals surface area (Å²) >= 11 is 0. The van der Waals surface area contributed by atoms with E-state index in [1.165, 1.54) is 0 Å². The van der Waals surface area contributed by atoms with E-state index in [0.29, 0.717) is 17.9 Å². The maximum atomic E-state index is 13.7. The van der Waals surface area contributed by atoms with Crippen LogP contribution in [-0.2, 0) is 34.9 Å². The number of unbranched alkanes of at least 4 members (excludes halogenated alkanes) is 2. The number of esters is 1. The van der Waals surface area contributed by atoms with Gasteiger partial charge in [0, 0.05) is 12.5 Å². The van der Waals surface area contributed by atoms with Crippen LogP contribution in [0.25, 0.3) is 10.8 Å². The highest BCUT2D eigenvalue weighted by molar-refractivity contribution is 5.94. The first-order chi connectivity index (χ1) is 20.2. The highest BCUT2D eigenvalue weighted by Crippen LogP contribution is 2.28. The predicted octanol–water partition coefficient (Wildman–Crippen LogP) is 7.08. The molecule has 0 bridgehead atoms. The molecule has 0 radical (unpaired) electrons. The number of imide groups is 1. The van der Waals surface area contributed by atoms with Gasteiger partial charge in [-0.1, -0.05) is 62.2 Å². The molecule has 2 aromatic rings. The molecule has 0 N–H and O–H groups in total. The largest absolute Gasteiger partial charge is 0.458 e. The average Bonchev–Trinajstić information content (AvgIpc) is 2.94. The molecule has 4 atom stereocenters. The number of amides is 2. The molecule has 1 aliphatic heterocycles. The van der Waals surface area contributed by atoms with E-state index >= 15 is 0 Å². The summed E-state index contributed by atoms with van der Waals surface area (Å²) in [5, 5.41) is 2.27. The molecule has 1 aliphatic rings. The van der Waals surface area contributed by atoms with Crippen LogP contribution >= 0.6 is 0 Å². The van der Waals surface area contributed by atoms with Crippen molar-refractivity contribution in [1.82, 2.24) is 4.90 Å². The standard InChI is InChI=1S/C34H49NO8/c1-9-10-13-19-40-29-23(2)41-30(36)28(35(31(37)42-33(3,4)5)32(38)43-34(6,7)8)22-39-21-26(29)20-25-17-14-16-24-15-11-12-18-27(24)25/h11-12,14-18,23,26,28-29H,9-10,13,19-22H2,1-8H3. The highest BCUT2D eigenvalue weighted by Gasteiger charge is 2.44.